The summed E-state index contributed by atoms with van der Waals surface area (Å²) in [4.78, 5) is 28.0. The number of rotatable bonds is 4. The van der Waals surface area contributed by atoms with Crippen LogP contribution in [0.25, 0.3) is 0 Å². The number of nitrogens with zero attached hydrogens (tertiary/aromatic N) is 3. The molecule has 1 N–H and O–H groups in total. The average molecular weight is 284 g/mol. The summed E-state index contributed by atoms with van der Waals surface area (Å²) in [5.74, 6) is -0.527. The molecule has 2 aromatic heterocycles. The van der Waals surface area contributed by atoms with Crippen molar-refractivity contribution in [3.63, 3.8) is 0 Å². The second kappa shape index (κ2) is 6.60. The normalized spacial score (nSPS) is 11.0. The Morgan fingerprint density at radius 3 is 2.71 bits per heavy atom. The zero-order valence-corrected chi connectivity index (χ0v) is 11.9. The molecule has 0 atom stereocenters. The van der Waals surface area contributed by atoms with E-state index in [0.717, 1.165) is 5.56 Å². The highest BCUT2D eigenvalue weighted by Gasteiger charge is 2.12. The van der Waals surface area contributed by atoms with Crippen LogP contribution in [-0.2, 0) is 0 Å². The van der Waals surface area contributed by atoms with Gasteiger partial charge in [0, 0.05) is 24.6 Å². The number of carbonyl (C=O) groups is 1. The summed E-state index contributed by atoms with van der Waals surface area (Å²) >= 11 is 0. The van der Waals surface area contributed by atoms with Crippen molar-refractivity contribution in [3.8, 4) is 0 Å². The van der Waals surface area contributed by atoms with Crippen molar-refractivity contribution in [3.05, 3.63) is 64.3 Å². The topological polar surface area (TPSA) is 76.3 Å². The van der Waals surface area contributed by atoms with Crippen molar-refractivity contribution in [1.29, 1.82) is 0 Å². The average Bonchev–Trinajstić information content (AvgIpc) is 2.48. The molecule has 0 fully saturated rings. The first-order valence-electron chi connectivity index (χ1n) is 6.54. The van der Waals surface area contributed by atoms with E-state index in [2.05, 4.69) is 15.5 Å². The minimum atomic E-state index is -0.527. The van der Waals surface area contributed by atoms with Crippen molar-refractivity contribution in [2.45, 2.75) is 19.9 Å². The number of amides is 1. The summed E-state index contributed by atoms with van der Waals surface area (Å²) in [6.07, 6.45) is 6.40. The quantitative estimate of drug-likeness (QED) is 0.684. The fraction of sp³-hybridized carbons (Fsp3) is 0.200. The van der Waals surface area contributed by atoms with Gasteiger partial charge in [-0.05, 0) is 43.7 Å². The van der Waals surface area contributed by atoms with Crippen molar-refractivity contribution < 1.29 is 4.79 Å². The molecule has 0 saturated carbocycles. The van der Waals surface area contributed by atoms with Crippen LogP contribution in [0.15, 0.2) is 52.8 Å². The van der Waals surface area contributed by atoms with Gasteiger partial charge in [-0.2, -0.15) is 5.10 Å². The first-order chi connectivity index (χ1) is 10.1. The maximum atomic E-state index is 12.1. The molecule has 2 aromatic rings. The molecule has 0 saturated heterocycles. The third-order valence-electron chi connectivity index (χ3n) is 2.86. The van der Waals surface area contributed by atoms with Crippen LogP contribution < -0.4 is 11.0 Å². The lowest BCUT2D eigenvalue weighted by Crippen LogP contribution is -2.31. The second-order valence-corrected chi connectivity index (χ2v) is 4.71. The molecule has 0 aromatic carbocycles. The summed E-state index contributed by atoms with van der Waals surface area (Å²) in [7, 11) is 0. The monoisotopic (exact) mass is 284 g/mol. The maximum Gasteiger partial charge on any atom is 0.276 e. The Balaban J connectivity index is 2.13. The standard InChI is InChI=1S/C15H16N4O2/c1-11(2)19-9-3-4-13(15(19)21)14(20)18-17-10-12-5-7-16-8-6-12/h3-11H,1-2H3,(H,18,20)/b17-10-. The fourth-order valence-electron chi connectivity index (χ4n) is 1.76. The van der Waals surface area contributed by atoms with E-state index in [-0.39, 0.29) is 17.2 Å². The van der Waals surface area contributed by atoms with Crippen LogP contribution in [0.5, 0.6) is 0 Å². The van der Waals surface area contributed by atoms with Crippen LogP contribution in [0, 0.1) is 0 Å². The van der Waals surface area contributed by atoms with Gasteiger partial charge >= 0.3 is 0 Å². The predicted octanol–water partition coefficient (Wildman–Crippen LogP) is 1.59. The van der Waals surface area contributed by atoms with E-state index < -0.39 is 5.91 Å². The molecule has 2 rings (SSSR count). The highest BCUT2D eigenvalue weighted by atomic mass is 16.2. The van der Waals surface area contributed by atoms with Gasteiger partial charge in [0.25, 0.3) is 11.5 Å². The second-order valence-electron chi connectivity index (χ2n) is 4.71. The van der Waals surface area contributed by atoms with E-state index in [1.165, 1.54) is 16.8 Å². The minimum Gasteiger partial charge on any atom is -0.312 e. The zero-order valence-electron chi connectivity index (χ0n) is 11.9. The number of hydrazone groups is 1. The maximum absolute atomic E-state index is 12.1. The molecule has 0 radical (unpaired) electrons. The third-order valence-corrected chi connectivity index (χ3v) is 2.86. The van der Waals surface area contributed by atoms with Gasteiger partial charge in [0.1, 0.15) is 5.56 Å². The van der Waals surface area contributed by atoms with Crippen molar-refractivity contribution in [2.75, 3.05) is 0 Å². The Labute approximate surface area is 122 Å². The molecule has 0 bridgehead atoms. The van der Waals surface area contributed by atoms with Crippen LogP contribution in [0.1, 0.15) is 35.8 Å². The van der Waals surface area contributed by atoms with Crippen molar-refractivity contribution in [1.82, 2.24) is 15.0 Å². The van der Waals surface area contributed by atoms with Gasteiger partial charge < -0.3 is 4.57 Å². The molecule has 0 unspecified atom stereocenters. The van der Waals surface area contributed by atoms with E-state index in [4.69, 9.17) is 0 Å². The van der Waals surface area contributed by atoms with E-state index >= 15 is 0 Å². The Kier molecular flexibility index (Phi) is 4.61. The van der Waals surface area contributed by atoms with Crippen molar-refractivity contribution >= 4 is 12.1 Å². The van der Waals surface area contributed by atoms with E-state index in [0.29, 0.717) is 0 Å². The number of carbonyl (C=O) groups excluding carboxylic acids is 1. The number of nitrogens with one attached hydrogen (secondary N) is 1. The molecular formula is C15H16N4O2. The molecule has 0 spiro atoms. The Hall–Kier alpha value is -2.76. The number of aromatic nitrogens is 2. The summed E-state index contributed by atoms with van der Waals surface area (Å²) < 4.78 is 1.50. The molecule has 1 amide bonds. The van der Waals surface area contributed by atoms with E-state index in [9.17, 15) is 9.59 Å². The summed E-state index contributed by atoms with van der Waals surface area (Å²) in [6, 6.07) is 6.65. The highest BCUT2D eigenvalue weighted by Crippen LogP contribution is 2.01. The molecule has 6 nitrogen and oxygen atoms in total. The zero-order chi connectivity index (χ0) is 15.2. The molecular weight excluding hydrogens is 268 g/mol. The summed E-state index contributed by atoms with van der Waals surface area (Å²) in [5, 5.41) is 3.83. The van der Waals surface area contributed by atoms with E-state index in [1.807, 2.05) is 13.8 Å². The lowest BCUT2D eigenvalue weighted by Gasteiger charge is -2.10. The number of hydrogen-bond acceptors (Lipinski definition) is 4. The van der Waals surface area contributed by atoms with Gasteiger partial charge in [0.2, 0.25) is 0 Å². The van der Waals surface area contributed by atoms with Gasteiger partial charge in [-0.1, -0.05) is 0 Å². The lowest BCUT2D eigenvalue weighted by molar-refractivity contribution is 0.0953. The number of hydrogen-bond donors (Lipinski definition) is 1. The molecule has 0 aliphatic heterocycles. The number of pyridine rings is 2. The Morgan fingerprint density at radius 2 is 2.05 bits per heavy atom. The predicted molar refractivity (Wildman–Crippen MR) is 80.4 cm³/mol. The van der Waals surface area contributed by atoms with Crippen LogP contribution in [0.4, 0.5) is 0 Å². The molecule has 6 heteroatoms. The van der Waals surface area contributed by atoms with Gasteiger partial charge in [-0.25, -0.2) is 5.43 Å². The SMILES string of the molecule is CC(C)n1cccc(C(=O)N/N=C\c2ccncc2)c1=O. The molecule has 108 valence electrons. The van der Waals surface area contributed by atoms with Crippen LogP contribution in [0.2, 0.25) is 0 Å². The van der Waals surface area contributed by atoms with Crippen LogP contribution >= 0.6 is 0 Å². The Morgan fingerprint density at radius 1 is 1.33 bits per heavy atom. The molecule has 0 aliphatic rings. The van der Waals surface area contributed by atoms with Gasteiger partial charge in [0.05, 0.1) is 6.21 Å². The summed E-state index contributed by atoms with van der Waals surface area (Å²) in [5.41, 5.74) is 2.89. The van der Waals surface area contributed by atoms with Gasteiger partial charge in [-0.3, -0.25) is 14.6 Å². The largest absolute Gasteiger partial charge is 0.312 e. The van der Waals surface area contributed by atoms with Crippen LogP contribution in [0.3, 0.4) is 0 Å². The van der Waals surface area contributed by atoms with Crippen LogP contribution in [-0.4, -0.2) is 21.7 Å². The van der Waals surface area contributed by atoms with E-state index in [1.54, 1.807) is 36.8 Å². The highest BCUT2D eigenvalue weighted by molar-refractivity contribution is 5.94. The first-order valence-corrected chi connectivity index (χ1v) is 6.54. The smallest absolute Gasteiger partial charge is 0.276 e. The Bertz CT molecular complexity index is 705. The summed E-state index contributed by atoms with van der Waals surface area (Å²) in [6.45, 7) is 3.76. The van der Waals surface area contributed by atoms with Crippen molar-refractivity contribution in [2.24, 2.45) is 5.10 Å². The molecule has 2 heterocycles. The molecule has 0 aliphatic carbocycles. The lowest BCUT2D eigenvalue weighted by atomic mass is 10.2. The first kappa shape index (κ1) is 14.6. The third kappa shape index (κ3) is 3.62. The minimum absolute atomic E-state index is 0.00873. The van der Waals surface area contributed by atoms with Gasteiger partial charge in [-0.15, -0.1) is 0 Å². The van der Waals surface area contributed by atoms with Gasteiger partial charge in [0.15, 0.2) is 0 Å². The fourth-order valence-corrected chi connectivity index (χ4v) is 1.76. The molecule has 21 heavy (non-hydrogen) atoms.